The van der Waals surface area contributed by atoms with E-state index >= 15 is 0 Å². The third kappa shape index (κ3) is 4.99. The predicted molar refractivity (Wildman–Crippen MR) is 104 cm³/mol. The summed E-state index contributed by atoms with van der Waals surface area (Å²) in [6.07, 6.45) is 3.90. The number of nitrogens with zero attached hydrogens (tertiary/aromatic N) is 1. The number of hydrogen-bond acceptors (Lipinski definition) is 5. The molecule has 0 unspecified atom stereocenters. The second-order valence-electron chi connectivity index (χ2n) is 6.76. The first-order valence-corrected chi connectivity index (χ1v) is 10.8. The molecule has 0 aliphatic carbocycles. The molecule has 1 aromatic heterocycles. The molecule has 1 saturated heterocycles. The Morgan fingerprint density at radius 3 is 2.71 bits per heavy atom. The van der Waals surface area contributed by atoms with Crippen LogP contribution in [0.15, 0.2) is 47.1 Å². The van der Waals surface area contributed by atoms with E-state index in [0.717, 1.165) is 6.26 Å². The smallest absolute Gasteiger partial charge is 0.253 e. The van der Waals surface area contributed by atoms with Gasteiger partial charge in [-0.15, -0.1) is 0 Å². The largest absolute Gasteiger partial charge is 0.467 e. The van der Waals surface area contributed by atoms with Crippen LogP contribution in [0, 0.1) is 5.92 Å². The first-order chi connectivity index (χ1) is 13.3. The predicted octanol–water partition coefficient (Wildman–Crippen LogP) is 1.82. The molecule has 1 aromatic carbocycles. The molecule has 2 aromatic rings. The number of nitrogens with one attached hydrogen (secondary N) is 2. The van der Waals surface area contributed by atoms with Crippen LogP contribution < -0.4 is 10.6 Å². The molecule has 2 heterocycles. The zero-order valence-corrected chi connectivity index (χ0v) is 16.4. The molecule has 28 heavy (non-hydrogen) atoms. The van der Waals surface area contributed by atoms with Crippen molar-refractivity contribution in [3.8, 4) is 0 Å². The Morgan fingerprint density at radius 1 is 1.21 bits per heavy atom. The number of sulfonamides is 1. The standard InChI is InChI=1S/C19H23N3O5S/c1-28(25,26)22-10-4-6-14(13-22)18(23)21-17-9-3-2-8-16(17)19(24)20-12-15-7-5-11-27-15/h2-3,5,7-9,11,14H,4,6,10,12-13H2,1H3,(H,20,24)(H,21,23)/t14-/m1/s1. The van der Waals surface area contributed by atoms with Gasteiger partial charge in [-0.2, -0.15) is 0 Å². The summed E-state index contributed by atoms with van der Waals surface area (Å²) < 4.78 is 30.0. The summed E-state index contributed by atoms with van der Waals surface area (Å²) in [6.45, 7) is 0.811. The van der Waals surface area contributed by atoms with E-state index in [1.807, 2.05) is 0 Å². The van der Waals surface area contributed by atoms with E-state index in [4.69, 9.17) is 4.42 Å². The van der Waals surface area contributed by atoms with Crippen LogP contribution >= 0.6 is 0 Å². The van der Waals surface area contributed by atoms with Gasteiger partial charge in [-0.3, -0.25) is 9.59 Å². The van der Waals surface area contributed by atoms with Crippen molar-refractivity contribution >= 4 is 27.5 Å². The summed E-state index contributed by atoms with van der Waals surface area (Å²) in [5.41, 5.74) is 0.721. The highest BCUT2D eigenvalue weighted by Crippen LogP contribution is 2.22. The maximum atomic E-state index is 12.7. The van der Waals surface area contributed by atoms with Crippen molar-refractivity contribution in [3.05, 3.63) is 54.0 Å². The molecule has 8 nitrogen and oxygen atoms in total. The topological polar surface area (TPSA) is 109 Å². The van der Waals surface area contributed by atoms with Gasteiger partial charge in [0.05, 0.1) is 36.2 Å². The minimum atomic E-state index is -3.34. The van der Waals surface area contributed by atoms with Gasteiger partial charge in [-0.1, -0.05) is 12.1 Å². The SMILES string of the molecule is CS(=O)(=O)N1CCC[C@@H](C(=O)Nc2ccccc2C(=O)NCc2ccco2)C1. The van der Waals surface area contributed by atoms with Crippen molar-refractivity contribution in [3.63, 3.8) is 0 Å². The zero-order valence-electron chi connectivity index (χ0n) is 15.6. The summed E-state index contributed by atoms with van der Waals surface area (Å²) in [5.74, 6) is -0.464. The summed E-state index contributed by atoms with van der Waals surface area (Å²) >= 11 is 0. The Kier molecular flexibility index (Phi) is 6.15. The summed E-state index contributed by atoms with van der Waals surface area (Å²) in [4.78, 5) is 25.2. The third-order valence-electron chi connectivity index (χ3n) is 4.66. The molecule has 9 heteroatoms. The normalized spacial score (nSPS) is 17.8. The lowest BCUT2D eigenvalue weighted by molar-refractivity contribution is -0.120. The molecule has 2 N–H and O–H groups in total. The molecule has 150 valence electrons. The quantitative estimate of drug-likeness (QED) is 0.762. The fraction of sp³-hybridized carbons (Fsp3) is 0.368. The maximum Gasteiger partial charge on any atom is 0.253 e. The van der Waals surface area contributed by atoms with Gasteiger partial charge in [0, 0.05) is 13.1 Å². The molecule has 0 spiro atoms. The lowest BCUT2D eigenvalue weighted by Crippen LogP contribution is -2.43. The Morgan fingerprint density at radius 2 is 2.00 bits per heavy atom. The average molecular weight is 405 g/mol. The van der Waals surface area contributed by atoms with Crippen molar-refractivity contribution in [2.75, 3.05) is 24.7 Å². The van der Waals surface area contributed by atoms with Crippen LogP contribution in [0.3, 0.4) is 0 Å². The fourth-order valence-electron chi connectivity index (χ4n) is 3.16. The van der Waals surface area contributed by atoms with Crippen molar-refractivity contribution in [1.82, 2.24) is 9.62 Å². The van der Waals surface area contributed by atoms with Gasteiger partial charge in [-0.05, 0) is 37.1 Å². The molecule has 2 amide bonds. The second kappa shape index (κ2) is 8.57. The highest BCUT2D eigenvalue weighted by atomic mass is 32.2. The number of para-hydroxylation sites is 1. The number of carbonyl (C=O) groups is 2. The van der Waals surface area contributed by atoms with Gasteiger partial charge in [0.15, 0.2) is 0 Å². The van der Waals surface area contributed by atoms with Crippen molar-refractivity contribution in [1.29, 1.82) is 0 Å². The zero-order chi connectivity index (χ0) is 20.1. The minimum Gasteiger partial charge on any atom is -0.467 e. The van der Waals surface area contributed by atoms with E-state index in [1.165, 1.54) is 10.6 Å². The number of piperidine rings is 1. The lowest BCUT2D eigenvalue weighted by Gasteiger charge is -2.30. The molecule has 1 atom stereocenters. The lowest BCUT2D eigenvalue weighted by atomic mass is 9.98. The van der Waals surface area contributed by atoms with Crippen LogP contribution in [0.25, 0.3) is 0 Å². The van der Waals surface area contributed by atoms with Gasteiger partial charge < -0.3 is 15.1 Å². The van der Waals surface area contributed by atoms with E-state index in [2.05, 4.69) is 10.6 Å². The van der Waals surface area contributed by atoms with Crippen molar-refractivity contribution < 1.29 is 22.4 Å². The molecule has 0 saturated carbocycles. The van der Waals surface area contributed by atoms with E-state index in [9.17, 15) is 18.0 Å². The fourth-order valence-corrected chi connectivity index (χ4v) is 4.07. The van der Waals surface area contributed by atoms with Crippen LogP contribution in [-0.2, 0) is 21.4 Å². The van der Waals surface area contributed by atoms with Crippen LogP contribution in [0.5, 0.6) is 0 Å². The number of furan rings is 1. The second-order valence-corrected chi connectivity index (χ2v) is 8.74. The van der Waals surface area contributed by atoms with E-state index < -0.39 is 15.9 Å². The van der Waals surface area contributed by atoms with Gasteiger partial charge in [0.2, 0.25) is 15.9 Å². The van der Waals surface area contributed by atoms with Gasteiger partial charge in [0.1, 0.15) is 5.76 Å². The molecular formula is C19H23N3O5S. The summed E-state index contributed by atoms with van der Waals surface area (Å²) in [7, 11) is -3.34. The molecule has 1 aliphatic rings. The Labute approximate surface area is 164 Å². The number of benzene rings is 1. The number of rotatable bonds is 6. The van der Waals surface area contributed by atoms with Gasteiger partial charge >= 0.3 is 0 Å². The number of hydrogen-bond donors (Lipinski definition) is 2. The molecule has 3 rings (SSSR count). The monoisotopic (exact) mass is 405 g/mol. The average Bonchev–Trinajstić information content (AvgIpc) is 3.19. The number of carbonyl (C=O) groups excluding carboxylic acids is 2. The van der Waals surface area contributed by atoms with Crippen molar-refractivity contribution in [2.24, 2.45) is 5.92 Å². The third-order valence-corrected chi connectivity index (χ3v) is 5.93. The number of anilines is 1. The van der Waals surface area contributed by atoms with E-state index in [1.54, 1.807) is 36.4 Å². The first-order valence-electron chi connectivity index (χ1n) is 9.00. The summed E-state index contributed by atoms with van der Waals surface area (Å²) in [6, 6.07) is 10.2. The summed E-state index contributed by atoms with van der Waals surface area (Å²) in [5, 5.41) is 5.53. The van der Waals surface area contributed by atoms with Gasteiger partial charge in [-0.25, -0.2) is 12.7 Å². The van der Waals surface area contributed by atoms with Gasteiger partial charge in [0.25, 0.3) is 5.91 Å². The van der Waals surface area contributed by atoms with Crippen LogP contribution in [0.1, 0.15) is 29.0 Å². The van der Waals surface area contributed by atoms with E-state index in [0.29, 0.717) is 36.4 Å². The van der Waals surface area contributed by atoms with Crippen LogP contribution in [0.2, 0.25) is 0 Å². The van der Waals surface area contributed by atoms with Crippen molar-refractivity contribution in [2.45, 2.75) is 19.4 Å². The minimum absolute atomic E-state index is 0.150. The van der Waals surface area contributed by atoms with Crippen LogP contribution in [-0.4, -0.2) is 43.9 Å². The Bertz CT molecular complexity index is 940. The molecule has 0 bridgehead atoms. The highest BCUT2D eigenvalue weighted by Gasteiger charge is 2.30. The van der Waals surface area contributed by atoms with E-state index in [-0.39, 0.29) is 24.9 Å². The van der Waals surface area contributed by atoms with Crippen LogP contribution in [0.4, 0.5) is 5.69 Å². The molecule has 1 fully saturated rings. The molecular weight excluding hydrogens is 382 g/mol. The number of amides is 2. The Balaban J connectivity index is 1.67. The highest BCUT2D eigenvalue weighted by molar-refractivity contribution is 7.88. The Hall–Kier alpha value is -2.65. The molecule has 0 radical (unpaired) electrons. The maximum absolute atomic E-state index is 12.7. The first kappa shape index (κ1) is 20.1. The molecule has 1 aliphatic heterocycles.